The van der Waals surface area contributed by atoms with Crippen molar-refractivity contribution in [3.63, 3.8) is 0 Å². The molecule has 0 fully saturated rings. The molecule has 1 aromatic carbocycles. The van der Waals surface area contributed by atoms with Crippen LogP contribution < -0.4 is 15.2 Å². The first-order valence-corrected chi connectivity index (χ1v) is 13.2. The molecule has 38 heavy (non-hydrogen) atoms. The highest BCUT2D eigenvalue weighted by Crippen LogP contribution is 2.32. The number of hydrogen-bond donors (Lipinski definition) is 1. The van der Waals surface area contributed by atoms with E-state index in [2.05, 4.69) is 0 Å². The molecule has 0 spiro atoms. The highest BCUT2D eigenvalue weighted by atomic mass is 16.6. The van der Waals surface area contributed by atoms with E-state index in [1.165, 1.54) is 19.2 Å². The quantitative estimate of drug-likeness (QED) is 0.264. The SMILES string of the molecule is CCC(C)CC(=O)Oc1ccc(C[C@](N)(CCOC(=O)C(C)(C)C)C(=O)OC)cc1OC(=O)CC(C)CC. The zero-order valence-corrected chi connectivity index (χ0v) is 24.2. The largest absolute Gasteiger partial charge is 0.468 e. The van der Waals surface area contributed by atoms with E-state index < -0.39 is 34.8 Å². The topological polar surface area (TPSA) is 131 Å². The molecule has 0 aliphatic rings. The Morgan fingerprint density at radius 2 is 1.39 bits per heavy atom. The van der Waals surface area contributed by atoms with Crippen molar-refractivity contribution in [3.8, 4) is 11.5 Å². The lowest BCUT2D eigenvalue weighted by Crippen LogP contribution is -2.51. The Morgan fingerprint density at radius 3 is 1.87 bits per heavy atom. The first kappa shape index (κ1) is 33.1. The summed E-state index contributed by atoms with van der Waals surface area (Å²) in [5.74, 6) is -1.55. The smallest absolute Gasteiger partial charge is 0.326 e. The van der Waals surface area contributed by atoms with Gasteiger partial charge in [-0.05, 0) is 50.3 Å². The van der Waals surface area contributed by atoms with Crippen LogP contribution in [0.15, 0.2) is 18.2 Å². The van der Waals surface area contributed by atoms with E-state index in [1.807, 2.05) is 27.7 Å². The molecule has 0 aliphatic heterocycles. The number of benzene rings is 1. The van der Waals surface area contributed by atoms with Gasteiger partial charge in [0.15, 0.2) is 11.5 Å². The van der Waals surface area contributed by atoms with Gasteiger partial charge < -0.3 is 24.7 Å². The molecule has 1 aromatic rings. The molecule has 0 aliphatic carbocycles. The predicted octanol–water partition coefficient (Wildman–Crippen LogP) is 4.76. The number of esters is 4. The summed E-state index contributed by atoms with van der Waals surface area (Å²) < 4.78 is 21.4. The van der Waals surface area contributed by atoms with Crippen LogP contribution >= 0.6 is 0 Å². The van der Waals surface area contributed by atoms with Crippen LogP contribution in [0.3, 0.4) is 0 Å². The molecule has 9 heteroatoms. The minimum absolute atomic E-state index is 0.00372. The van der Waals surface area contributed by atoms with Crippen LogP contribution in [-0.4, -0.2) is 43.1 Å². The second kappa shape index (κ2) is 14.9. The van der Waals surface area contributed by atoms with E-state index in [9.17, 15) is 19.2 Å². The summed E-state index contributed by atoms with van der Waals surface area (Å²) >= 11 is 0. The van der Waals surface area contributed by atoms with Gasteiger partial charge in [0.1, 0.15) is 5.54 Å². The van der Waals surface area contributed by atoms with E-state index in [-0.39, 0.29) is 55.6 Å². The second-order valence-electron chi connectivity index (χ2n) is 11.1. The third-order valence-electron chi connectivity index (χ3n) is 6.39. The van der Waals surface area contributed by atoms with Crippen molar-refractivity contribution in [2.45, 2.75) is 92.5 Å². The summed E-state index contributed by atoms with van der Waals surface area (Å²) in [6, 6.07) is 4.70. The standard InChI is InChI=1S/C29H45NO8/c1-9-19(3)15-24(31)37-22-12-11-21(17-23(22)38-25(32)16-20(4)10-2)18-29(30,27(34)35-8)13-14-36-26(33)28(5,6)7/h11-12,17,19-20H,9-10,13-16,18,30H2,1-8H3/t19?,20?,29-/m1/s1. The molecule has 3 atom stereocenters. The molecule has 0 amide bonds. The monoisotopic (exact) mass is 535 g/mol. The summed E-state index contributed by atoms with van der Waals surface area (Å²) in [6.07, 6.45) is 2.06. The fourth-order valence-electron chi connectivity index (χ4n) is 3.39. The maximum atomic E-state index is 12.6. The lowest BCUT2D eigenvalue weighted by Gasteiger charge is -2.27. The summed E-state index contributed by atoms with van der Waals surface area (Å²) in [4.78, 5) is 49.8. The highest BCUT2D eigenvalue weighted by Gasteiger charge is 2.36. The number of ether oxygens (including phenoxy) is 4. The maximum absolute atomic E-state index is 12.6. The van der Waals surface area contributed by atoms with Crippen LogP contribution in [0.2, 0.25) is 0 Å². The molecular formula is C29H45NO8. The Labute approximate surface area is 226 Å². The average molecular weight is 536 g/mol. The Bertz CT molecular complexity index is 968. The Kier molecular flexibility index (Phi) is 12.9. The minimum atomic E-state index is -1.51. The van der Waals surface area contributed by atoms with Crippen LogP contribution in [0.5, 0.6) is 11.5 Å². The fraction of sp³-hybridized carbons (Fsp3) is 0.655. The van der Waals surface area contributed by atoms with Gasteiger partial charge in [-0.1, -0.05) is 46.6 Å². The lowest BCUT2D eigenvalue weighted by molar-refractivity contribution is -0.156. The third kappa shape index (κ3) is 10.8. The molecule has 0 saturated carbocycles. The van der Waals surface area contributed by atoms with Crippen molar-refractivity contribution in [1.29, 1.82) is 0 Å². The fourth-order valence-corrected chi connectivity index (χ4v) is 3.39. The molecule has 2 N–H and O–H groups in total. The molecule has 0 heterocycles. The van der Waals surface area contributed by atoms with Crippen molar-refractivity contribution >= 4 is 23.9 Å². The molecule has 0 radical (unpaired) electrons. The van der Waals surface area contributed by atoms with Crippen molar-refractivity contribution in [2.75, 3.05) is 13.7 Å². The predicted molar refractivity (Wildman–Crippen MR) is 144 cm³/mol. The molecule has 214 valence electrons. The first-order valence-electron chi connectivity index (χ1n) is 13.2. The molecule has 0 aromatic heterocycles. The molecule has 0 saturated heterocycles. The second-order valence-corrected chi connectivity index (χ2v) is 11.1. The van der Waals surface area contributed by atoms with Gasteiger partial charge in [-0.3, -0.25) is 19.2 Å². The van der Waals surface area contributed by atoms with Gasteiger partial charge in [-0.2, -0.15) is 0 Å². The highest BCUT2D eigenvalue weighted by molar-refractivity contribution is 5.81. The Balaban J connectivity index is 3.22. The van der Waals surface area contributed by atoms with Gasteiger partial charge in [-0.25, -0.2) is 0 Å². The summed E-state index contributed by atoms with van der Waals surface area (Å²) in [5, 5.41) is 0. The van der Waals surface area contributed by atoms with Gasteiger partial charge in [0, 0.05) is 25.7 Å². The van der Waals surface area contributed by atoms with Gasteiger partial charge in [0.25, 0.3) is 0 Å². The van der Waals surface area contributed by atoms with Crippen LogP contribution in [0.1, 0.15) is 86.1 Å². The van der Waals surface area contributed by atoms with Gasteiger partial charge in [-0.15, -0.1) is 0 Å². The third-order valence-corrected chi connectivity index (χ3v) is 6.39. The zero-order valence-electron chi connectivity index (χ0n) is 24.2. The van der Waals surface area contributed by atoms with Crippen molar-refractivity contribution in [3.05, 3.63) is 23.8 Å². The molecule has 1 rings (SSSR count). The van der Waals surface area contributed by atoms with Crippen molar-refractivity contribution in [2.24, 2.45) is 23.0 Å². The average Bonchev–Trinajstić information content (AvgIpc) is 2.83. The number of hydrogen-bond acceptors (Lipinski definition) is 9. The van der Waals surface area contributed by atoms with E-state index in [4.69, 9.17) is 24.7 Å². The Morgan fingerprint density at radius 1 is 0.868 bits per heavy atom. The van der Waals surface area contributed by atoms with Gasteiger partial charge in [0.05, 0.1) is 19.1 Å². The van der Waals surface area contributed by atoms with E-state index in [0.717, 1.165) is 12.8 Å². The van der Waals surface area contributed by atoms with Crippen LogP contribution in [-0.2, 0) is 35.1 Å². The number of nitrogens with two attached hydrogens (primary N) is 1. The number of carbonyl (C=O) groups excluding carboxylic acids is 4. The summed E-state index contributed by atoms with van der Waals surface area (Å²) in [6.45, 7) is 13.0. The number of carbonyl (C=O) groups is 4. The molecule has 0 bridgehead atoms. The van der Waals surface area contributed by atoms with Crippen LogP contribution in [0.4, 0.5) is 0 Å². The summed E-state index contributed by atoms with van der Waals surface area (Å²) in [7, 11) is 1.23. The minimum Gasteiger partial charge on any atom is -0.468 e. The summed E-state index contributed by atoms with van der Waals surface area (Å²) in [5.41, 5.74) is 4.78. The van der Waals surface area contributed by atoms with Crippen LogP contribution in [0, 0.1) is 17.3 Å². The van der Waals surface area contributed by atoms with E-state index >= 15 is 0 Å². The molecular weight excluding hydrogens is 490 g/mol. The normalized spacial score (nSPS) is 14.6. The maximum Gasteiger partial charge on any atom is 0.326 e. The molecule has 9 nitrogen and oxygen atoms in total. The van der Waals surface area contributed by atoms with Crippen LogP contribution in [0.25, 0.3) is 0 Å². The van der Waals surface area contributed by atoms with Gasteiger partial charge in [0.2, 0.25) is 0 Å². The Hall–Kier alpha value is -2.94. The number of rotatable bonds is 14. The van der Waals surface area contributed by atoms with E-state index in [1.54, 1.807) is 26.8 Å². The first-order chi connectivity index (χ1) is 17.6. The zero-order chi connectivity index (χ0) is 29.1. The van der Waals surface area contributed by atoms with Gasteiger partial charge >= 0.3 is 23.9 Å². The number of methoxy groups -OCH3 is 1. The molecule has 2 unspecified atom stereocenters. The van der Waals surface area contributed by atoms with Crippen molar-refractivity contribution in [1.82, 2.24) is 0 Å². The van der Waals surface area contributed by atoms with Crippen molar-refractivity contribution < 1.29 is 38.1 Å². The lowest BCUT2D eigenvalue weighted by atomic mass is 9.88. The van der Waals surface area contributed by atoms with E-state index in [0.29, 0.717) is 5.56 Å².